The number of imidazole rings is 1. The van der Waals surface area contributed by atoms with Crippen LogP contribution in [0.3, 0.4) is 0 Å². The number of aromatic nitrogens is 2. The summed E-state index contributed by atoms with van der Waals surface area (Å²) in [5.41, 5.74) is 7.47. The van der Waals surface area contributed by atoms with Crippen molar-refractivity contribution in [3.05, 3.63) is 24.0 Å². The first kappa shape index (κ1) is 15.0. The van der Waals surface area contributed by atoms with Crippen molar-refractivity contribution in [2.24, 2.45) is 12.8 Å². The largest absolute Gasteiger partial charge is 0.331 e. The molecule has 20 heavy (non-hydrogen) atoms. The van der Waals surface area contributed by atoms with Crippen LogP contribution >= 0.6 is 0 Å². The molecule has 0 saturated carbocycles. The van der Waals surface area contributed by atoms with Crippen molar-refractivity contribution < 1.29 is 8.42 Å². The Morgan fingerprint density at radius 2 is 2.10 bits per heavy atom. The third-order valence-corrected chi connectivity index (χ3v) is 4.71. The van der Waals surface area contributed by atoms with E-state index in [2.05, 4.69) is 11.9 Å². The van der Waals surface area contributed by atoms with E-state index in [9.17, 15) is 8.42 Å². The van der Waals surface area contributed by atoms with Crippen molar-refractivity contribution in [2.45, 2.75) is 30.6 Å². The number of aryl methyl sites for hydroxylation is 1. The number of hydrogen-bond acceptors (Lipinski definition) is 4. The minimum Gasteiger partial charge on any atom is -0.331 e. The fourth-order valence-corrected chi connectivity index (χ4v) is 3.14. The maximum Gasteiger partial charge on any atom is 0.175 e. The molecule has 0 amide bonds. The van der Waals surface area contributed by atoms with Gasteiger partial charge in [-0.05, 0) is 24.6 Å². The summed E-state index contributed by atoms with van der Waals surface area (Å²) in [6, 6.07) is 5.07. The zero-order chi connectivity index (χ0) is 14.9. The molecule has 0 aliphatic carbocycles. The molecule has 0 aliphatic rings. The quantitative estimate of drug-likeness (QED) is 0.912. The summed E-state index contributed by atoms with van der Waals surface area (Å²) in [7, 11) is -1.26. The predicted octanol–water partition coefficient (Wildman–Crippen LogP) is 1.82. The van der Waals surface area contributed by atoms with Gasteiger partial charge in [0, 0.05) is 25.8 Å². The fourth-order valence-electron chi connectivity index (χ4n) is 2.49. The molecule has 5 nitrogen and oxygen atoms in total. The van der Waals surface area contributed by atoms with E-state index < -0.39 is 9.84 Å². The Morgan fingerprint density at radius 1 is 1.40 bits per heavy atom. The van der Waals surface area contributed by atoms with Gasteiger partial charge in [0.15, 0.2) is 9.84 Å². The van der Waals surface area contributed by atoms with E-state index in [1.54, 1.807) is 12.1 Å². The normalized spacial score (nSPS) is 13.8. The molecule has 0 aliphatic heterocycles. The first-order valence-corrected chi connectivity index (χ1v) is 8.64. The number of rotatable bonds is 5. The van der Waals surface area contributed by atoms with Crippen LogP contribution in [0.5, 0.6) is 0 Å². The van der Waals surface area contributed by atoms with Crippen molar-refractivity contribution in [3.8, 4) is 0 Å². The molecule has 1 aromatic carbocycles. The van der Waals surface area contributed by atoms with Crippen LogP contribution in [0.15, 0.2) is 23.1 Å². The topological polar surface area (TPSA) is 78.0 Å². The van der Waals surface area contributed by atoms with E-state index in [4.69, 9.17) is 5.73 Å². The molecular formula is C14H21N3O2S. The number of hydrogen-bond donors (Lipinski definition) is 1. The molecule has 1 unspecified atom stereocenters. The lowest BCUT2D eigenvalue weighted by Gasteiger charge is -2.13. The van der Waals surface area contributed by atoms with Gasteiger partial charge in [0.25, 0.3) is 0 Å². The van der Waals surface area contributed by atoms with Gasteiger partial charge in [-0.1, -0.05) is 13.3 Å². The molecule has 0 bridgehead atoms. The lowest BCUT2D eigenvalue weighted by atomic mass is 10.0. The Hall–Kier alpha value is -1.40. The first-order chi connectivity index (χ1) is 9.38. The van der Waals surface area contributed by atoms with Gasteiger partial charge in [-0.2, -0.15) is 0 Å². The van der Waals surface area contributed by atoms with Gasteiger partial charge in [0.05, 0.1) is 15.9 Å². The molecule has 110 valence electrons. The van der Waals surface area contributed by atoms with Crippen molar-refractivity contribution in [1.29, 1.82) is 0 Å². The van der Waals surface area contributed by atoms with Gasteiger partial charge in [-0.25, -0.2) is 13.4 Å². The van der Waals surface area contributed by atoms with Crippen LogP contribution < -0.4 is 5.73 Å². The van der Waals surface area contributed by atoms with Crippen LogP contribution in [0.2, 0.25) is 0 Å². The Kier molecular flexibility index (Phi) is 4.15. The van der Waals surface area contributed by atoms with Gasteiger partial charge in [-0.3, -0.25) is 0 Å². The highest BCUT2D eigenvalue weighted by Gasteiger charge is 2.18. The molecule has 6 heteroatoms. The van der Waals surface area contributed by atoms with Gasteiger partial charge >= 0.3 is 0 Å². The highest BCUT2D eigenvalue weighted by molar-refractivity contribution is 7.90. The summed E-state index contributed by atoms with van der Waals surface area (Å²) < 4.78 is 25.2. The van der Waals surface area contributed by atoms with Gasteiger partial charge in [0.2, 0.25) is 0 Å². The summed E-state index contributed by atoms with van der Waals surface area (Å²) in [4.78, 5) is 4.90. The van der Waals surface area contributed by atoms with Crippen LogP contribution in [0.4, 0.5) is 0 Å². The molecule has 2 rings (SSSR count). The minimum atomic E-state index is -3.21. The molecule has 1 atom stereocenters. The summed E-state index contributed by atoms with van der Waals surface area (Å²) >= 11 is 0. The average molecular weight is 295 g/mol. The predicted molar refractivity (Wildman–Crippen MR) is 80.5 cm³/mol. The van der Waals surface area contributed by atoms with Crippen LogP contribution in [0, 0.1) is 0 Å². The second-order valence-corrected chi connectivity index (χ2v) is 7.19. The van der Waals surface area contributed by atoms with E-state index in [1.165, 1.54) is 6.26 Å². The van der Waals surface area contributed by atoms with Crippen molar-refractivity contribution in [3.63, 3.8) is 0 Å². The third-order valence-electron chi connectivity index (χ3n) is 3.60. The molecule has 0 fully saturated rings. The molecule has 2 aromatic rings. The summed E-state index contributed by atoms with van der Waals surface area (Å²) in [5.74, 6) is 1.13. The van der Waals surface area contributed by atoms with E-state index in [0.717, 1.165) is 24.2 Å². The van der Waals surface area contributed by atoms with Gasteiger partial charge in [-0.15, -0.1) is 0 Å². The molecule has 2 N–H and O–H groups in total. The molecule has 1 heterocycles. The lowest BCUT2D eigenvalue weighted by molar-refractivity contribution is 0.572. The molecule has 0 spiro atoms. The van der Waals surface area contributed by atoms with Crippen LogP contribution in [-0.4, -0.2) is 30.8 Å². The van der Waals surface area contributed by atoms with E-state index in [0.29, 0.717) is 17.0 Å². The Balaban J connectivity index is 2.57. The summed E-state index contributed by atoms with van der Waals surface area (Å²) in [5, 5.41) is 0. The lowest BCUT2D eigenvalue weighted by Crippen LogP contribution is -2.16. The maximum absolute atomic E-state index is 11.6. The van der Waals surface area contributed by atoms with E-state index >= 15 is 0 Å². The zero-order valence-electron chi connectivity index (χ0n) is 12.1. The highest BCUT2D eigenvalue weighted by Crippen LogP contribution is 2.25. The van der Waals surface area contributed by atoms with Crippen molar-refractivity contribution >= 4 is 20.9 Å². The summed E-state index contributed by atoms with van der Waals surface area (Å²) in [6.45, 7) is 2.66. The van der Waals surface area contributed by atoms with E-state index in [-0.39, 0.29) is 5.92 Å². The van der Waals surface area contributed by atoms with Crippen LogP contribution in [0.25, 0.3) is 11.0 Å². The average Bonchev–Trinajstić information content (AvgIpc) is 2.72. The third kappa shape index (κ3) is 2.71. The van der Waals surface area contributed by atoms with Gasteiger partial charge < -0.3 is 10.3 Å². The van der Waals surface area contributed by atoms with E-state index in [1.807, 2.05) is 17.7 Å². The molecular weight excluding hydrogens is 274 g/mol. The number of nitrogens with two attached hydrogens (primary N) is 1. The van der Waals surface area contributed by atoms with Crippen LogP contribution in [0.1, 0.15) is 31.5 Å². The van der Waals surface area contributed by atoms with Crippen molar-refractivity contribution in [1.82, 2.24) is 9.55 Å². The second kappa shape index (κ2) is 5.54. The summed E-state index contributed by atoms with van der Waals surface area (Å²) in [6.07, 6.45) is 3.23. The SMILES string of the molecule is CCCC(CN)c1nc2cc(S(C)(=O)=O)ccc2n1C. The van der Waals surface area contributed by atoms with Gasteiger partial charge in [0.1, 0.15) is 5.82 Å². The fraction of sp³-hybridized carbons (Fsp3) is 0.500. The number of fused-ring (bicyclic) bond motifs is 1. The van der Waals surface area contributed by atoms with Crippen molar-refractivity contribution in [2.75, 3.05) is 12.8 Å². The Labute approximate surface area is 119 Å². The monoisotopic (exact) mass is 295 g/mol. The first-order valence-electron chi connectivity index (χ1n) is 6.75. The highest BCUT2D eigenvalue weighted by atomic mass is 32.2. The molecule has 0 radical (unpaired) electrons. The number of nitrogens with zero attached hydrogens (tertiary/aromatic N) is 2. The number of benzene rings is 1. The second-order valence-electron chi connectivity index (χ2n) is 5.17. The molecule has 0 saturated heterocycles. The zero-order valence-corrected chi connectivity index (χ0v) is 12.9. The standard InChI is InChI=1S/C14H21N3O2S/c1-4-5-10(9-15)14-16-12-8-11(20(3,18)19)6-7-13(12)17(14)2/h6-8,10H,4-5,9,15H2,1-3H3. The smallest absolute Gasteiger partial charge is 0.175 e. The number of sulfone groups is 1. The van der Waals surface area contributed by atoms with Crippen LogP contribution in [-0.2, 0) is 16.9 Å². The molecule has 1 aromatic heterocycles. The maximum atomic E-state index is 11.6. The Bertz CT molecular complexity index is 719. The Morgan fingerprint density at radius 3 is 2.65 bits per heavy atom. The minimum absolute atomic E-state index is 0.207.